The number of nitrogens with one attached hydrogen (secondary N) is 1. The summed E-state index contributed by atoms with van der Waals surface area (Å²) in [6.07, 6.45) is 7.23. The number of aromatic nitrogens is 1. The van der Waals surface area contributed by atoms with E-state index in [-0.39, 0.29) is 0 Å². The Morgan fingerprint density at radius 1 is 1.21 bits per heavy atom. The van der Waals surface area contributed by atoms with Crippen LogP contribution in [0.25, 0.3) is 0 Å². The van der Waals surface area contributed by atoms with E-state index in [0.29, 0.717) is 36.2 Å². The van der Waals surface area contributed by atoms with Crippen molar-refractivity contribution in [2.24, 2.45) is 0 Å². The normalized spacial score (nSPS) is 15.2. The van der Waals surface area contributed by atoms with Crippen molar-refractivity contribution in [3.8, 4) is 0 Å². The fourth-order valence-electron chi connectivity index (χ4n) is 3.06. The average Bonchev–Trinajstić information content (AvgIpc) is 2.73. The second kappa shape index (κ2) is 10.2. The van der Waals surface area contributed by atoms with E-state index < -0.39 is 10.0 Å². The predicted molar refractivity (Wildman–Crippen MR) is 114 cm³/mol. The number of benzene rings is 1. The van der Waals surface area contributed by atoms with Gasteiger partial charge in [0.25, 0.3) is 0 Å². The highest BCUT2D eigenvalue weighted by Gasteiger charge is 2.26. The Hall–Kier alpha value is -1.93. The Morgan fingerprint density at radius 2 is 2.00 bits per heavy atom. The molecule has 0 aliphatic carbocycles. The predicted octanol–water partition coefficient (Wildman–Crippen LogP) is 4.08. The number of hydrogen-bond donors (Lipinski definition) is 1. The minimum Gasteiger partial charge on any atom is -0.272 e. The van der Waals surface area contributed by atoms with E-state index in [0.717, 1.165) is 30.5 Å². The van der Waals surface area contributed by atoms with Crippen molar-refractivity contribution in [3.05, 3.63) is 70.6 Å². The zero-order valence-corrected chi connectivity index (χ0v) is 18.0. The van der Waals surface area contributed by atoms with Crippen LogP contribution >= 0.6 is 11.6 Å². The molecule has 2 heterocycles. The van der Waals surface area contributed by atoms with Gasteiger partial charge in [-0.05, 0) is 54.3 Å². The van der Waals surface area contributed by atoms with Gasteiger partial charge in [0.2, 0.25) is 10.0 Å². The third-order valence-electron chi connectivity index (χ3n) is 4.79. The number of pyridine rings is 1. The second-order valence-electron chi connectivity index (χ2n) is 6.97. The zero-order chi connectivity index (χ0) is 20.7. The molecule has 0 saturated heterocycles. The lowest BCUT2D eigenvalue weighted by Gasteiger charge is -2.26. The molecule has 0 saturated carbocycles. The van der Waals surface area contributed by atoms with Crippen molar-refractivity contribution >= 4 is 21.6 Å². The van der Waals surface area contributed by atoms with Gasteiger partial charge in [0.15, 0.2) is 0 Å². The van der Waals surface area contributed by atoms with Gasteiger partial charge in [-0.2, -0.15) is 4.31 Å². The van der Waals surface area contributed by atoms with Gasteiger partial charge >= 0.3 is 0 Å². The molecule has 29 heavy (non-hydrogen) atoms. The first-order chi connectivity index (χ1) is 14.0. The first-order valence-corrected chi connectivity index (χ1v) is 11.6. The molecule has 0 fully saturated rings. The largest absolute Gasteiger partial charge is 0.272 e. The molecule has 1 aromatic carbocycles. The minimum atomic E-state index is -3.49. The van der Waals surface area contributed by atoms with Crippen molar-refractivity contribution in [1.29, 1.82) is 0 Å². The van der Waals surface area contributed by atoms with Crippen molar-refractivity contribution < 1.29 is 13.3 Å². The summed E-state index contributed by atoms with van der Waals surface area (Å²) in [5, 5.41) is 0.419. The van der Waals surface area contributed by atoms with E-state index in [1.807, 2.05) is 24.3 Å². The van der Waals surface area contributed by atoms with Gasteiger partial charge in [0.05, 0.1) is 11.5 Å². The van der Waals surface area contributed by atoms with Gasteiger partial charge in [0.1, 0.15) is 5.15 Å². The topological polar surface area (TPSA) is 71.5 Å². The lowest BCUT2D eigenvalue weighted by molar-refractivity contribution is 0.0452. The Labute approximate surface area is 177 Å². The SMILES string of the molecule is CCCCc1ccc(S(=O)(=O)N2CC=C(NOCc3ccnc(Cl)c3)CC2)cc1. The van der Waals surface area contributed by atoms with Crippen LogP contribution < -0.4 is 5.48 Å². The molecule has 2 aromatic rings. The van der Waals surface area contributed by atoms with E-state index in [2.05, 4.69) is 17.4 Å². The molecule has 6 nitrogen and oxygen atoms in total. The molecule has 0 unspecified atom stereocenters. The fourth-order valence-corrected chi connectivity index (χ4v) is 4.64. The van der Waals surface area contributed by atoms with Crippen LogP contribution in [0.1, 0.15) is 37.3 Å². The summed E-state index contributed by atoms with van der Waals surface area (Å²) >= 11 is 5.85. The van der Waals surface area contributed by atoms with Crippen LogP contribution in [-0.4, -0.2) is 30.8 Å². The van der Waals surface area contributed by atoms with E-state index in [9.17, 15) is 8.42 Å². The van der Waals surface area contributed by atoms with Crippen molar-refractivity contribution in [1.82, 2.24) is 14.8 Å². The van der Waals surface area contributed by atoms with Crippen LogP contribution in [0.5, 0.6) is 0 Å². The molecule has 1 N–H and O–H groups in total. The molecule has 1 aliphatic rings. The Bertz CT molecular complexity index is 946. The standard InChI is InChI=1S/C21H26ClN3O3S/c1-2-3-4-17-5-7-20(8-6-17)29(26,27)25-13-10-19(11-14-25)24-28-16-18-9-12-23-21(22)15-18/h5-10,12,15,24H,2-4,11,13-14,16H2,1H3. The van der Waals surface area contributed by atoms with E-state index >= 15 is 0 Å². The number of halogens is 1. The second-order valence-corrected chi connectivity index (χ2v) is 9.29. The van der Waals surface area contributed by atoms with Gasteiger partial charge in [-0.25, -0.2) is 13.4 Å². The molecule has 0 bridgehead atoms. The number of hydroxylamine groups is 1. The molecule has 0 atom stereocenters. The number of aryl methyl sites for hydroxylation is 1. The first-order valence-electron chi connectivity index (χ1n) is 9.75. The van der Waals surface area contributed by atoms with Crippen molar-refractivity contribution in [2.75, 3.05) is 13.1 Å². The summed E-state index contributed by atoms with van der Waals surface area (Å²) in [4.78, 5) is 9.76. The number of unbranched alkanes of at least 4 members (excludes halogenated alkanes) is 1. The smallest absolute Gasteiger partial charge is 0.243 e. The van der Waals surface area contributed by atoms with E-state index in [1.165, 1.54) is 9.87 Å². The van der Waals surface area contributed by atoms with Gasteiger partial charge in [-0.3, -0.25) is 10.3 Å². The summed E-state index contributed by atoms with van der Waals surface area (Å²) < 4.78 is 27.2. The zero-order valence-electron chi connectivity index (χ0n) is 16.5. The van der Waals surface area contributed by atoms with Gasteiger partial charge in [0, 0.05) is 31.4 Å². The maximum atomic E-state index is 12.9. The molecule has 0 amide bonds. The molecule has 156 valence electrons. The summed E-state index contributed by atoms with van der Waals surface area (Å²) in [5.41, 5.74) is 5.84. The molecule has 1 aliphatic heterocycles. The molecule has 3 rings (SSSR count). The van der Waals surface area contributed by atoms with Crippen molar-refractivity contribution in [2.45, 2.75) is 44.1 Å². The van der Waals surface area contributed by atoms with Crippen LogP contribution in [0.2, 0.25) is 5.15 Å². The van der Waals surface area contributed by atoms with Crippen LogP contribution in [0, 0.1) is 0 Å². The highest BCUT2D eigenvalue weighted by atomic mass is 35.5. The Kier molecular flexibility index (Phi) is 7.66. The molecule has 0 radical (unpaired) electrons. The fraction of sp³-hybridized carbons (Fsp3) is 0.381. The van der Waals surface area contributed by atoms with E-state index in [1.54, 1.807) is 24.4 Å². The monoisotopic (exact) mass is 435 g/mol. The van der Waals surface area contributed by atoms with Crippen molar-refractivity contribution in [3.63, 3.8) is 0 Å². The minimum absolute atomic E-state index is 0.312. The maximum absolute atomic E-state index is 12.9. The van der Waals surface area contributed by atoms with Crippen LogP contribution in [0.3, 0.4) is 0 Å². The third kappa shape index (κ3) is 6.02. The highest BCUT2D eigenvalue weighted by Crippen LogP contribution is 2.21. The van der Waals surface area contributed by atoms with E-state index in [4.69, 9.17) is 16.4 Å². The third-order valence-corrected chi connectivity index (χ3v) is 6.87. The van der Waals surface area contributed by atoms with Gasteiger partial charge < -0.3 is 0 Å². The average molecular weight is 436 g/mol. The summed E-state index contributed by atoms with van der Waals surface area (Å²) in [6.45, 7) is 3.20. The lowest BCUT2D eigenvalue weighted by atomic mass is 10.1. The molecule has 8 heteroatoms. The first kappa shape index (κ1) is 21.8. The number of rotatable bonds is 9. The highest BCUT2D eigenvalue weighted by molar-refractivity contribution is 7.89. The lowest BCUT2D eigenvalue weighted by Crippen LogP contribution is -2.36. The van der Waals surface area contributed by atoms with Crippen LogP contribution in [0.15, 0.2) is 59.3 Å². The summed E-state index contributed by atoms with van der Waals surface area (Å²) in [5.74, 6) is 0. The Morgan fingerprint density at radius 3 is 2.66 bits per heavy atom. The number of nitrogens with zero attached hydrogens (tertiary/aromatic N) is 2. The Balaban J connectivity index is 1.53. The van der Waals surface area contributed by atoms with Crippen LogP contribution in [-0.2, 0) is 27.9 Å². The molecular weight excluding hydrogens is 410 g/mol. The molecule has 0 spiro atoms. The maximum Gasteiger partial charge on any atom is 0.243 e. The molecular formula is C21H26ClN3O3S. The van der Waals surface area contributed by atoms with Crippen LogP contribution in [0.4, 0.5) is 0 Å². The van der Waals surface area contributed by atoms with Gasteiger partial charge in [-0.1, -0.05) is 37.1 Å². The van der Waals surface area contributed by atoms with Gasteiger partial charge in [-0.15, -0.1) is 0 Å². The number of sulfonamides is 1. The summed E-state index contributed by atoms with van der Waals surface area (Å²) in [7, 11) is -3.49. The quantitative estimate of drug-likeness (QED) is 0.474. The molecule has 1 aromatic heterocycles. The number of hydrogen-bond acceptors (Lipinski definition) is 5. The summed E-state index contributed by atoms with van der Waals surface area (Å²) in [6, 6.07) is 10.8.